The van der Waals surface area contributed by atoms with Crippen LogP contribution in [0.2, 0.25) is 0 Å². The fraction of sp³-hybridized carbons (Fsp3) is 0.286. The van der Waals surface area contributed by atoms with Crippen molar-refractivity contribution in [2.45, 2.75) is 33.9 Å². The highest BCUT2D eigenvalue weighted by molar-refractivity contribution is 9.10. The molecule has 0 unspecified atom stereocenters. The van der Waals surface area contributed by atoms with Crippen molar-refractivity contribution in [2.24, 2.45) is 0 Å². The Morgan fingerprint density at radius 3 is 2.58 bits per heavy atom. The van der Waals surface area contributed by atoms with Gasteiger partial charge in [-0.25, -0.2) is 18.2 Å². The average Bonchev–Trinajstić information content (AvgIpc) is 2.94. The lowest BCUT2D eigenvalue weighted by molar-refractivity contribution is 0.0702. The van der Waals surface area contributed by atoms with Gasteiger partial charge in [-0.15, -0.1) is 23.1 Å². The van der Waals surface area contributed by atoms with Crippen molar-refractivity contribution in [1.29, 1.82) is 0 Å². The number of thiophene rings is 1. The molecule has 0 bridgehead atoms. The summed E-state index contributed by atoms with van der Waals surface area (Å²) in [6, 6.07) is 2.81. The van der Waals surface area contributed by atoms with Gasteiger partial charge in [0.15, 0.2) is 0 Å². The van der Waals surface area contributed by atoms with E-state index in [1.54, 1.807) is 6.26 Å². The van der Waals surface area contributed by atoms with Crippen LogP contribution in [0.4, 0.5) is 5.82 Å². The predicted molar refractivity (Wildman–Crippen MR) is 99.2 cm³/mol. The number of aromatic carboxylic acids is 1. The molecule has 6 nitrogen and oxygen atoms in total. The molecule has 24 heavy (non-hydrogen) atoms. The largest absolute Gasteiger partial charge is 0.477 e. The summed E-state index contributed by atoms with van der Waals surface area (Å²) in [4.78, 5) is 15.3. The normalized spacial score (nSPS) is 11.7. The zero-order chi connectivity index (χ0) is 18.1. The number of anilines is 1. The van der Waals surface area contributed by atoms with Crippen LogP contribution < -0.4 is 5.32 Å². The van der Waals surface area contributed by atoms with E-state index in [4.69, 9.17) is 5.11 Å². The quantitative estimate of drug-likeness (QED) is 0.642. The Morgan fingerprint density at radius 2 is 2.08 bits per heavy atom. The molecule has 0 spiro atoms. The molecule has 2 heterocycles. The third-order valence-corrected chi connectivity index (χ3v) is 7.77. The molecule has 0 aromatic carbocycles. The molecule has 130 valence electrons. The predicted octanol–water partition coefficient (Wildman–Crippen LogP) is 3.98. The van der Waals surface area contributed by atoms with Crippen LogP contribution in [0.15, 0.2) is 36.8 Å². The van der Waals surface area contributed by atoms with Gasteiger partial charge in [0.1, 0.15) is 10.7 Å². The molecule has 0 atom stereocenters. The highest BCUT2D eigenvalue weighted by atomic mass is 79.9. The van der Waals surface area contributed by atoms with E-state index < -0.39 is 15.8 Å². The molecule has 2 rings (SSSR count). The number of carbonyl (C=O) groups is 1. The number of halogens is 1. The van der Waals surface area contributed by atoms with Crippen LogP contribution in [0.5, 0.6) is 0 Å². The number of carboxylic acids is 1. The van der Waals surface area contributed by atoms with Crippen molar-refractivity contribution in [3.05, 3.63) is 27.7 Å². The molecule has 0 radical (unpaired) electrons. The first-order chi connectivity index (χ1) is 11.2. The van der Waals surface area contributed by atoms with Crippen LogP contribution in [-0.4, -0.2) is 36.8 Å². The van der Waals surface area contributed by atoms with E-state index in [9.17, 15) is 13.2 Å². The molecular weight excluding hydrogens is 436 g/mol. The van der Waals surface area contributed by atoms with E-state index in [2.05, 4.69) is 26.2 Å². The summed E-state index contributed by atoms with van der Waals surface area (Å²) in [6.07, 6.45) is 2.98. The summed E-state index contributed by atoms with van der Waals surface area (Å²) in [5.41, 5.74) is 0. The number of nitrogens with zero attached hydrogens (tertiary/aromatic N) is 1. The van der Waals surface area contributed by atoms with Gasteiger partial charge in [-0.1, -0.05) is 0 Å². The monoisotopic (exact) mass is 450 g/mol. The van der Waals surface area contributed by atoms with Crippen LogP contribution in [0.3, 0.4) is 0 Å². The van der Waals surface area contributed by atoms with Crippen molar-refractivity contribution < 1.29 is 18.3 Å². The second-order valence-electron chi connectivity index (χ2n) is 5.08. The summed E-state index contributed by atoms with van der Waals surface area (Å²) in [6.45, 7) is 3.89. The maximum Gasteiger partial charge on any atom is 0.345 e. The van der Waals surface area contributed by atoms with Crippen LogP contribution in [0.1, 0.15) is 23.5 Å². The highest BCUT2D eigenvalue weighted by Gasteiger charge is 2.27. The number of rotatable bonds is 6. The first-order valence-electron chi connectivity index (χ1n) is 6.75. The van der Waals surface area contributed by atoms with E-state index in [-0.39, 0.29) is 20.7 Å². The molecule has 0 fully saturated rings. The minimum absolute atomic E-state index is 0.00401. The summed E-state index contributed by atoms with van der Waals surface area (Å²) in [7, 11) is -3.86. The zero-order valence-corrected chi connectivity index (χ0v) is 17.1. The van der Waals surface area contributed by atoms with E-state index in [1.165, 1.54) is 30.1 Å². The van der Waals surface area contributed by atoms with Crippen LogP contribution >= 0.6 is 39.0 Å². The second-order valence-corrected chi connectivity index (χ2v) is 9.98. The molecule has 0 aliphatic rings. The third-order valence-electron chi connectivity index (χ3n) is 2.90. The number of hydrogen-bond acceptors (Lipinski definition) is 7. The van der Waals surface area contributed by atoms with Gasteiger partial charge in [-0.3, -0.25) is 0 Å². The Labute approximate surface area is 156 Å². The molecule has 0 amide bonds. The summed E-state index contributed by atoms with van der Waals surface area (Å²) >= 11 is 5.47. The standard InChI is InChI=1S/C14H15BrN2O4S3/c1-7(2)17-12-9(15)4-8(6-16-12)24(20,21)11-5-10(13(18)19)23-14(11)22-3/h4-7H,1-3H3,(H,16,17)(H,18,19). The van der Waals surface area contributed by atoms with Gasteiger partial charge in [0.25, 0.3) is 0 Å². The van der Waals surface area contributed by atoms with Crippen molar-refractivity contribution in [3.8, 4) is 0 Å². The molecular formula is C14H15BrN2O4S3. The number of hydrogen-bond donors (Lipinski definition) is 2. The van der Waals surface area contributed by atoms with E-state index in [0.29, 0.717) is 14.5 Å². The number of thioether (sulfide) groups is 1. The molecule has 2 aromatic rings. The maximum absolute atomic E-state index is 12.9. The molecule has 2 N–H and O–H groups in total. The average molecular weight is 451 g/mol. The van der Waals surface area contributed by atoms with E-state index in [0.717, 1.165) is 11.3 Å². The first kappa shape index (κ1) is 19.2. The number of sulfone groups is 1. The minimum Gasteiger partial charge on any atom is -0.477 e. The lowest BCUT2D eigenvalue weighted by Crippen LogP contribution is -2.12. The summed E-state index contributed by atoms with van der Waals surface area (Å²) < 4.78 is 26.7. The molecule has 0 aliphatic heterocycles. The van der Waals surface area contributed by atoms with Gasteiger partial charge < -0.3 is 10.4 Å². The summed E-state index contributed by atoms with van der Waals surface area (Å²) in [5, 5.41) is 12.2. The molecule has 0 saturated heterocycles. The number of aromatic nitrogens is 1. The third kappa shape index (κ3) is 3.93. The van der Waals surface area contributed by atoms with Gasteiger partial charge in [0.2, 0.25) is 9.84 Å². The Balaban J connectivity index is 2.51. The number of carboxylic acid groups (broad SMARTS) is 1. The summed E-state index contributed by atoms with van der Waals surface area (Å²) in [5.74, 6) is -0.599. The number of pyridine rings is 1. The lowest BCUT2D eigenvalue weighted by Gasteiger charge is -2.12. The second kappa shape index (κ2) is 7.42. The van der Waals surface area contributed by atoms with Crippen molar-refractivity contribution in [2.75, 3.05) is 11.6 Å². The Kier molecular flexibility index (Phi) is 5.95. The fourth-order valence-corrected chi connectivity index (χ4v) is 6.29. The van der Waals surface area contributed by atoms with Gasteiger partial charge in [0.05, 0.1) is 18.5 Å². The van der Waals surface area contributed by atoms with Gasteiger partial charge >= 0.3 is 5.97 Å². The minimum atomic E-state index is -3.86. The van der Waals surface area contributed by atoms with Crippen LogP contribution in [-0.2, 0) is 9.84 Å². The molecule has 0 saturated carbocycles. The van der Waals surface area contributed by atoms with E-state index >= 15 is 0 Å². The van der Waals surface area contributed by atoms with Crippen molar-refractivity contribution in [3.63, 3.8) is 0 Å². The first-order valence-corrected chi connectivity index (χ1v) is 11.1. The molecule has 0 aliphatic carbocycles. The Morgan fingerprint density at radius 1 is 1.42 bits per heavy atom. The number of nitrogens with one attached hydrogen (secondary N) is 1. The molecule has 2 aromatic heterocycles. The van der Waals surface area contributed by atoms with E-state index in [1.807, 2.05) is 13.8 Å². The van der Waals surface area contributed by atoms with Crippen LogP contribution in [0, 0.1) is 0 Å². The SMILES string of the molecule is CSc1sc(C(=O)O)cc1S(=O)(=O)c1cnc(NC(C)C)c(Br)c1. The van der Waals surface area contributed by atoms with Gasteiger partial charge in [-0.2, -0.15) is 0 Å². The topological polar surface area (TPSA) is 96.4 Å². The van der Waals surface area contributed by atoms with Crippen molar-refractivity contribution in [1.82, 2.24) is 4.98 Å². The fourth-order valence-electron chi connectivity index (χ4n) is 1.87. The Bertz CT molecular complexity index is 878. The zero-order valence-electron chi connectivity index (χ0n) is 13.0. The molecule has 10 heteroatoms. The lowest BCUT2D eigenvalue weighted by atomic mass is 10.4. The van der Waals surface area contributed by atoms with Crippen LogP contribution in [0.25, 0.3) is 0 Å². The van der Waals surface area contributed by atoms with Gasteiger partial charge in [0, 0.05) is 12.2 Å². The van der Waals surface area contributed by atoms with Gasteiger partial charge in [-0.05, 0) is 48.2 Å². The smallest absolute Gasteiger partial charge is 0.345 e. The Hall–Kier alpha value is -1.10. The van der Waals surface area contributed by atoms with Crippen molar-refractivity contribution >= 4 is 60.7 Å². The highest BCUT2D eigenvalue weighted by Crippen LogP contribution is 2.37. The maximum atomic E-state index is 12.9.